The van der Waals surface area contributed by atoms with Crippen LogP contribution in [0.4, 0.5) is 5.69 Å². The van der Waals surface area contributed by atoms with Gasteiger partial charge in [-0.1, -0.05) is 24.3 Å². The van der Waals surface area contributed by atoms with Crippen molar-refractivity contribution in [2.45, 2.75) is 20.0 Å². The number of nitrogen functional groups attached to an aromatic ring is 1. The molecular formula is C15H17NO3. The van der Waals surface area contributed by atoms with E-state index in [0.717, 1.165) is 10.8 Å². The maximum Gasteiger partial charge on any atom is 0.347 e. The number of anilines is 1. The van der Waals surface area contributed by atoms with Gasteiger partial charge in [0.15, 0.2) is 6.10 Å². The minimum absolute atomic E-state index is 0.342. The highest BCUT2D eigenvalue weighted by Crippen LogP contribution is 2.30. The standard InChI is InChI=1S/C15H17NO3/c1-3-18-15(17)10(2)19-14-9-8-13(16)11-6-4-5-7-12(11)14/h4-10H,3,16H2,1-2H3. The Kier molecular flexibility index (Phi) is 3.90. The summed E-state index contributed by atoms with van der Waals surface area (Å²) in [6.45, 7) is 3.78. The normalized spacial score (nSPS) is 12.1. The van der Waals surface area contributed by atoms with Gasteiger partial charge in [-0.3, -0.25) is 0 Å². The van der Waals surface area contributed by atoms with Crippen molar-refractivity contribution in [1.82, 2.24) is 0 Å². The minimum Gasteiger partial charge on any atom is -0.478 e. The molecule has 0 aliphatic carbocycles. The fourth-order valence-corrected chi connectivity index (χ4v) is 1.90. The Bertz CT molecular complexity index is 595. The molecule has 1 atom stereocenters. The lowest BCUT2D eigenvalue weighted by Crippen LogP contribution is -2.26. The van der Waals surface area contributed by atoms with Crippen LogP contribution in [0.15, 0.2) is 36.4 Å². The van der Waals surface area contributed by atoms with E-state index < -0.39 is 6.10 Å². The van der Waals surface area contributed by atoms with Gasteiger partial charge in [0, 0.05) is 16.5 Å². The first-order valence-corrected chi connectivity index (χ1v) is 6.24. The molecule has 0 fully saturated rings. The van der Waals surface area contributed by atoms with Gasteiger partial charge in [0.05, 0.1) is 6.61 Å². The van der Waals surface area contributed by atoms with Crippen molar-refractivity contribution < 1.29 is 14.3 Å². The molecule has 19 heavy (non-hydrogen) atoms. The predicted octanol–water partition coefficient (Wildman–Crippen LogP) is 2.75. The second-order valence-corrected chi connectivity index (χ2v) is 4.21. The number of carbonyl (C=O) groups is 1. The summed E-state index contributed by atoms with van der Waals surface area (Å²) in [5.41, 5.74) is 6.60. The van der Waals surface area contributed by atoms with E-state index in [1.807, 2.05) is 24.3 Å². The van der Waals surface area contributed by atoms with Crippen molar-refractivity contribution in [2.75, 3.05) is 12.3 Å². The number of carbonyl (C=O) groups excluding carboxylic acids is 1. The lowest BCUT2D eigenvalue weighted by molar-refractivity contribution is -0.150. The van der Waals surface area contributed by atoms with Gasteiger partial charge in [-0.15, -0.1) is 0 Å². The summed E-state index contributed by atoms with van der Waals surface area (Å²) in [5.74, 6) is 0.258. The summed E-state index contributed by atoms with van der Waals surface area (Å²) in [5, 5.41) is 1.80. The summed E-state index contributed by atoms with van der Waals surface area (Å²) in [6.07, 6.45) is -0.646. The molecule has 2 N–H and O–H groups in total. The van der Waals surface area contributed by atoms with Gasteiger partial charge in [0.25, 0.3) is 0 Å². The Hall–Kier alpha value is -2.23. The van der Waals surface area contributed by atoms with Crippen molar-refractivity contribution in [1.29, 1.82) is 0 Å². The topological polar surface area (TPSA) is 61.5 Å². The molecule has 0 radical (unpaired) electrons. The number of nitrogens with two attached hydrogens (primary N) is 1. The molecule has 0 saturated heterocycles. The molecule has 4 nitrogen and oxygen atoms in total. The first-order valence-electron chi connectivity index (χ1n) is 6.24. The fraction of sp³-hybridized carbons (Fsp3) is 0.267. The monoisotopic (exact) mass is 259 g/mol. The average molecular weight is 259 g/mol. The third kappa shape index (κ3) is 2.78. The first-order chi connectivity index (χ1) is 9.13. The van der Waals surface area contributed by atoms with Crippen LogP contribution in [-0.2, 0) is 9.53 Å². The lowest BCUT2D eigenvalue weighted by Gasteiger charge is -2.15. The molecule has 4 heteroatoms. The minimum atomic E-state index is -0.646. The zero-order valence-corrected chi connectivity index (χ0v) is 11.1. The molecule has 2 aromatic rings. The number of ether oxygens (including phenoxy) is 2. The third-order valence-electron chi connectivity index (χ3n) is 2.84. The zero-order chi connectivity index (χ0) is 13.8. The Morgan fingerprint density at radius 3 is 2.58 bits per heavy atom. The van der Waals surface area contributed by atoms with Gasteiger partial charge in [0.2, 0.25) is 0 Å². The second kappa shape index (κ2) is 5.61. The Labute approximate surface area is 112 Å². The highest BCUT2D eigenvalue weighted by molar-refractivity contribution is 5.97. The fourth-order valence-electron chi connectivity index (χ4n) is 1.90. The number of benzene rings is 2. The van der Waals surface area contributed by atoms with Crippen LogP contribution in [0.1, 0.15) is 13.8 Å². The zero-order valence-electron chi connectivity index (χ0n) is 11.1. The summed E-state index contributed by atoms with van der Waals surface area (Å²) in [7, 11) is 0. The average Bonchev–Trinajstić information content (AvgIpc) is 2.42. The molecule has 0 aromatic heterocycles. The van der Waals surface area contributed by atoms with Crippen molar-refractivity contribution in [3.63, 3.8) is 0 Å². The van der Waals surface area contributed by atoms with E-state index in [1.165, 1.54) is 0 Å². The molecule has 0 saturated carbocycles. The van der Waals surface area contributed by atoms with E-state index in [-0.39, 0.29) is 5.97 Å². The number of esters is 1. The van der Waals surface area contributed by atoms with Crippen LogP contribution in [-0.4, -0.2) is 18.7 Å². The van der Waals surface area contributed by atoms with Crippen LogP contribution < -0.4 is 10.5 Å². The molecule has 100 valence electrons. The molecule has 1 unspecified atom stereocenters. The summed E-state index contributed by atoms with van der Waals surface area (Å²) in [4.78, 5) is 11.6. The largest absolute Gasteiger partial charge is 0.478 e. The molecule has 0 spiro atoms. The molecule has 2 rings (SSSR count). The number of fused-ring (bicyclic) bond motifs is 1. The van der Waals surface area contributed by atoms with Crippen molar-refractivity contribution in [3.05, 3.63) is 36.4 Å². The maximum absolute atomic E-state index is 11.6. The molecule has 0 heterocycles. The SMILES string of the molecule is CCOC(=O)C(C)Oc1ccc(N)c2ccccc12. The van der Waals surface area contributed by atoms with E-state index >= 15 is 0 Å². The van der Waals surface area contributed by atoms with Crippen molar-refractivity contribution in [2.24, 2.45) is 0 Å². The van der Waals surface area contributed by atoms with Gasteiger partial charge in [-0.05, 0) is 26.0 Å². The van der Waals surface area contributed by atoms with Crippen LogP contribution in [0.25, 0.3) is 10.8 Å². The van der Waals surface area contributed by atoms with E-state index in [4.69, 9.17) is 15.2 Å². The number of rotatable bonds is 4. The van der Waals surface area contributed by atoms with Crippen molar-refractivity contribution in [3.8, 4) is 5.75 Å². The van der Waals surface area contributed by atoms with Crippen LogP contribution >= 0.6 is 0 Å². The molecule has 2 aromatic carbocycles. The predicted molar refractivity (Wildman–Crippen MR) is 75.1 cm³/mol. The summed E-state index contributed by atoms with van der Waals surface area (Å²) >= 11 is 0. The van der Waals surface area contributed by atoms with Gasteiger partial charge < -0.3 is 15.2 Å². The van der Waals surface area contributed by atoms with Crippen LogP contribution in [0, 0.1) is 0 Å². The quantitative estimate of drug-likeness (QED) is 0.677. The van der Waals surface area contributed by atoms with Crippen molar-refractivity contribution >= 4 is 22.4 Å². The van der Waals surface area contributed by atoms with Gasteiger partial charge in [-0.25, -0.2) is 4.79 Å². The Balaban J connectivity index is 2.31. The van der Waals surface area contributed by atoms with E-state index in [0.29, 0.717) is 18.0 Å². The number of hydrogen-bond donors (Lipinski definition) is 1. The Morgan fingerprint density at radius 1 is 1.21 bits per heavy atom. The highest BCUT2D eigenvalue weighted by Gasteiger charge is 2.17. The molecule has 0 aliphatic rings. The third-order valence-corrected chi connectivity index (χ3v) is 2.84. The van der Waals surface area contributed by atoms with Crippen LogP contribution in [0.5, 0.6) is 5.75 Å². The van der Waals surface area contributed by atoms with E-state index in [2.05, 4.69) is 0 Å². The van der Waals surface area contributed by atoms with E-state index in [9.17, 15) is 4.79 Å². The van der Waals surface area contributed by atoms with Crippen LogP contribution in [0.3, 0.4) is 0 Å². The summed E-state index contributed by atoms with van der Waals surface area (Å²) in [6, 6.07) is 11.2. The van der Waals surface area contributed by atoms with Gasteiger partial charge >= 0.3 is 5.97 Å². The molecule has 0 amide bonds. The van der Waals surface area contributed by atoms with Gasteiger partial charge in [0.1, 0.15) is 5.75 Å². The molecule has 0 bridgehead atoms. The summed E-state index contributed by atoms with van der Waals surface area (Å²) < 4.78 is 10.6. The lowest BCUT2D eigenvalue weighted by atomic mass is 10.1. The molecule has 0 aliphatic heterocycles. The van der Waals surface area contributed by atoms with E-state index in [1.54, 1.807) is 26.0 Å². The maximum atomic E-state index is 11.6. The van der Waals surface area contributed by atoms with Crippen LogP contribution in [0.2, 0.25) is 0 Å². The smallest absolute Gasteiger partial charge is 0.347 e. The first kappa shape index (κ1) is 13.2. The highest BCUT2D eigenvalue weighted by atomic mass is 16.6. The molecular weight excluding hydrogens is 242 g/mol. The second-order valence-electron chi connectivity index (χ2n) is 4.21. The Morgan fingerprint density at radius 2 is 1.89 bits per heavy atom. The van der Waals surface area contributed by atoms with Gasteiger partial charge in [-0.2, -0.15) is 0 Å². The number of hydrogen-bond acceptors (Lipinski definition) is 4.